The molecule has 0 unspecified atom stereocenters. The lowest BCUT2D eigenvalue weighted by atomic mass is 10.2. The van der Waals surface area contributed by atoms with Gasteiger partial charge in [0.2, 0.25) is 4.77 Å². The Morgan fingerprint density at radius 1 is 1.43 bits per heavy atom. The minimum atomic E-state index is -0.408. The number of hydrogen-bond donors (Lipinski definition) is 1. The van der Waals surface area contributed by atoms with Gasteiger partial charge in [-0.2, -0.15) is 14.9 Å². The standard InChI is InChI=1S/C15H18N4O3S/c1-4-21-13-7-11(5-6-12(13)22-10(2)3)8-17-19-14(20)9-16-18-15(19)23/h5-10H,4H2,1-3H3,(H,18,23)/b17-8+. The summed E-state index contributed by atoms with van der Waals surface area (Å²) < 4.78 is 12.5. The van der Waals surface area contributed by atoms with Crippen LogP contribution in [0.1, 0.15) is 26.3 Å². The predicted octanol–water partition coefficient (Wildman–Crippen LogP) is 2.37. The summed E-state index contributed by atoms with van der Waals surface area (Å²) in [7, 11) is 0. The Balaban J connectivity index is 2.33. The number of benzene rings is 1. The van der Waals surface area contributed by atoms with E-state index in [2.05, 4.69) is 15.3 Å². The Kier molecular flexibility index (Phi) is 5.64. The van der Waals surface area contributed by atoms with Gasteiger partial charge in [0.1, 0.15) is 6.20 Å². The van der Waals surface area contributed by atoms with Gasteiger partial charge in [-0.05, 0) is 56.8 Å². The number of nitrogens with one attached hydrogen (secondary N) is 1. The molecular formula is C15H18N4O3S. The monoisotopic (exact) mass is 334 g/mol. The summed E-state index contributed by atoms with van der Waals surface area (Å²) in [4.78, 5) is 11.7. The van der Waals surface area contributed by atoms with Gasteiger partial charge in [0.05, 0.1) is 18.9 Å². The number of H-pyrrole nitrogens is 1. The second-order valence-corrected chi connectivity index (χ2v) is 5.26. The Hall–Kier alpha value is -2.48. The highest BCUT2D eigenvalue weighted by Gasteiger charge is 2.07. The first-order chi connectivity index (χ1) is 11.0. The maximum absolute atomic E-state index is 11.7. The van der Waals surface area contributed by atoms with Crippen LogP contribution >= 0.6 is 12.2 Å². The fourth-order valence-electron chi connectivity index (χ4n) is 1.80. The largest absolute Gasteiger partial charge is 0.490 e. The lowest BCUT2D eigenvalue weighted by Crippen LogP contribution is -2.18. The molecular weight excluding hydrogens is 316 g/mol. The van der Waals surface area contributed by atoms with Gasteiger partial charge in [0.15, 0.2) is 11.5 Å². The van der Waals surface area contributed by atoms with E-state index in [0.717, 1.165) is 16.4 Å². The minimum Gasteiger partial charge on any atom is -0.490 e. The summed E-state index contributed by atoms with van der Waals surface area (Å²) in [6.45, 7) is 6.31. The van der Waals surface area contributed by atoms with E-state index >= 15 is 0 Å². The Bertz CT molecular complexity index is 783. The fourth-order valence-corrected chi connectivity index (χ4v) is 1.99. The van der Waals surface area contributed by atoms with Crippen molar-refractivity contribution >= 4 is 18.4 Å². The van der Waals surface area contributed by atoms with Gasteiger partial charge >= 0.3 is 0 Å². The Labute approximate surface area is 138 Å². The number of aromatic nitrogens is 3. The smallest absolute Gasteiger partial charge is 0.293 e. The molecule has 0 fully saturated rings. The van der Waals surface area contributed by atoms with Crippen molar-refractivity contribution in [2.75, 3.05) is 6.61 Å². The van der Waals surface area contributed by atoms with Crippen molar-refractivity contribution in [2.45, 2.75) is 26.9 Å². The average molecular weight is 334 g/mol. The van der Waals surface area contributed by atoms with E-state index in [1.807, 2.05) is 32.9 Å². The van der Waals surface area contributed by atoms with Crippen LogP contribution in [0.2, 0.25) is 0 Å². The summed E-state index contributed by atoms with van der Waals surface area (Å²) in [5.41, 5.74) is 0.345. The molecule has 1 aromatic carbocycles. The molecule has 8 heteroatoms. The van der Waals surface area contributed by atoms with E-state index in [4.69, 9.17) is 21.7 Å². The van der Waals surface area contributed by atoms with Crippen molar-refractivity contribution in [2.24, 2.45) is 5.10 Å². The first-order valence-corrected chi connectivity index (χ1v) is 7.56. The van der Waals surface area contributed by atoms with Gasteiger partial charge in [0, 0.05) is 0 Å². The van der Waals surface area contributed by atoms with Gasteiger partial charge in [-0.1, -0.05) is 0 Å². The molecule has 1 heterocycles. The van der Waals surface area contributed by atoms with E-state index in [1.165, 1.54) is 6.21 Å². The summed E-state index contributed by atoms with van der Waals surface area (Å²) in [5.74, 6) is 1.29. The third-order valence-electron chi connectivity index (χ3n) is 2.69. The third kappa shape index (κ3) is 4.49. The lowest BCUT2D eigenvalue weighted by Gasteiger charge is -2.14. The molecule has 0 bridgehead atoms. The molecule has 2 aromatic rings. The summed E-state index contributed by atoms with van der Waals surface area (Å²) in [6.07, 6.45) is 2.67. The molecule has 122 valence electrons. The van der Waals surface area contributed by atoms with Crippen molar-refractivity contribution in [1.29, 1.82) is 0 Å². The van der Waals surface area contributed by atoms with Crippen LogP contribution in [0.25, 0.3) is 0 Å². The zero-order valence-electron chi connectivity index (χ0n) is 13.1. The molecule has 2 rings (SSSR count). The number of hydrogen-bond acceptors (Lipinski definition) is 6. The third-order valence-corrected chi connectivity index (χ3v) is 2.95. The van der Waals surface area contributed by atoms with Gasteiger partial charge in [-0.15, -0.1) is 0 Å². The zero-order chi connectivity index (χ0) is 16.8. The van der Waals surface area contributed by atoms with Gasteiger partial charge in [-0.3, -0.25) is 9.89 Å². The summed E-state index contributed by atoms with van der Waals surface area (Å²) in [6, 6.07) is 5.43. The summed E-state index contributed by atoms with van der Waals surface area (Å²) >= 11 is 4.98. The maximum Gasteiger partial charge on any atom is 0.293 e. The van der Waals surface area contributed by atoms with Crippen molar-refractivity contribution in [3.05, 3.63) is 45.1 Å². The lowest BCUT2D eigenvalue weighted by molar-refractivity contribution is 0.224. The van der Waals surface area contributed by atoms with Crippen molar-refractivity contribution in [3.63, 3.8) is 0 Å². The van der Waals surface area contributed by atoms with Crippen molar-refractivity contribution < 1.29 is 9.47 Å². The van der Waals surface area contributed by atoms with Crippen molar-refractivity contribution in [3.8, 4) is 11.5 Å². The van der Waals surface area contributed by atoms with Crippen LogP contribution in [0.4, 0.5) is 0 Å². The highest BCUT2D eigenvalue weighted by molar-refractivity contribution is 7.71. The number of aromatic amines is 1. The molecule has 0 saturated carbocycles. The molecule has 0 atom stereocenters. The molecule has 1 aromatic heterocycles. The van der Waals surface area contributed by atoms with Gasteiger partial charge < -0.3 is 9.47 Å². The highest BCUT2D eigenvalue weighted by atomic mass is 32.1. The molecule has 0 amide bonds. The second-order valence-electron chi connectivity index (χ2n) is 4.88. The topological polar surface area (TPSA) is 81.5 Å². The van der Waals surface area contributed by atoms with Crippen LogP contribution in [0.5, 0.6) is 11.5 Å². The Morgan fingerprint density at radius 3 is 2.87 bits per heavy atom. The predicted molar refractivity (Wildman–Crippen MR) is 90.0 cm³/mol. The fraction of sp³-hybridized carbons (Fsp3) is 0.333. The first-order valence-electron chi connectivity index (χ1n) is 7.16. The zero-order valence-corrected chi connectivity index (χ0v) is 14.0. The second kappa shape index (κ2) is 7.68. The van der Waals surface area contributed by atoms with Gasteiger partial charge in [0.25, 0.3) is 5.56 Å². The molecule has 7 nitrogen and oxygen atoms in total. The molecule has 0 radical (unpaired) electrons. The van der Waals surface area contributed by atoms with Crippen LogP contribution < -0.4 is 15.0 Å². The number of ether oxygens (including phenoxy) is 2. The van der Waals surface area contributed by atoms with E-state index in [-0.39, 0.29) is 10.9 Å². The summed E-state index contributed by atoms with van der Waals surface area (Å²) in [5, 5.41) is 10.2. The normalized spacial score (nSPS) is 11.1. The van der Waals surface area contributed by atoms with Crippen LogP contribution in [-0.4, -0.2) is 33.8 Å². The number of rotatable bonds is 6. The average Bonchev–Trinajstić information content (AvgIpc) is 2.49. The van der Waals surface area contributed by atoms with E-state index < -0.39 is 5.56 Å². The van der Waals surface area contributed by atoms with Crippen LogP contribution in [0.3, 0.4) is 0 Å². The maximum atomic E-state index is 11.7. The van der Waals surface area contributed by atoms with E-state index in [1.54, 1.807) is 6.07 Å². The van der Waals surface area contributed by atoms with Crippen molar-refractivity contribution in [1.82, 2.24) is 14.9 Å². The molecule has 1 N–H and O–H groups in total. The van der Waals surface area contributed by atoms with E-state index in [0.29, 0.717) is 18.1 Å². The van der Waals surface area contributed by atoms with E-state index in [9.17, 15) is 4.79 Å². The SMILES string of the molecule is CCOc1cc(/C=N/n2c(=O)cn[nH]c2=S)ccc1OC(C)C. The molecule has 0 aliphatic rings. The highest BCUT2D eigenvalue weighted by Crippen LogP contribution is 2.28. The molecule has 0 aliphatic carbocycles. The minimum absolute atomic E-state index is 0.0439. The van der Waals surface area contributed by atoms with Crippen LogP contribution in [-0.2, 0) is 0 Å². The number of nitrogens with zero attached hydrogens (tertiary/aromatic N) is 3. The molecule has 0 saturated heterocycles. The molecule has 0 aliphatic heterocycles. The Morgan fingerprint density at radius 2 is 2.22 bits per heavy atom. The van der Waals surface area contributed by atoms with Crippen LogP contribution in [0, 0.1) is 4.77 Å². The van der Waals surface area contributed by atoms with Gasteiger partial charge in [-0.25, -0.2) is 0 Å². The van der Waals surface area contributed by atoms with Crippen LogP contribution in [0.15, 0.2) is 34.3 Å². The molecule has 0 spiro atoms. The molecule has 23 heavy (non-hydrogen) atoms. The first kappa shape index (κ1) is 16.9. The quantitative estimate of drug-likeness (QED) is 0.648.